The molecule has 1 rings (SSSR count). The molecule has 0 atom stereocenters. The second kappa shape index (κ2) is 10.6. The van der Waals surface area contributed by atoms with Gasteiger partial charge in [0.05, 0.1) is 6.54 Å². The van der Waals surface area contributed by atoms with Crippen molar-refractivity contribution >= 4 is 40.9 Å². The Morgan fingerprint density at radius 2 is 2.04 bits per heavy atom. The first-order chi connectivity index (χ1) is 11.8. The van der Waals surface area contributed by atoms with Gasteiger partial charge in [-0.05, 0) is 51.6 Å². The second-order valence-corrected chi connectivity index (χ2v) is 8.22. The third-order valence-corrected chi connectivity index (χ3v) is 5.34. The summed E-state index contributed by atoms with van der Waals surface area (Å²) >= 11 is 7.85. The normalized spacial score (nSPS) is 12.0. The molecule has 0 aromatic heterocycles. The maximum atomic E-state index is 12.1. The van der Waals surface area contributed by atoms with E-state index >= 15 is 0 Å². The van der Waals surface area contributed by atoms with Crippen molar-refractivity contribution in [1.29, 1.82) is 0 Å². The lowest BCUT2D eigenvalue weighted by molar-refractivity contribution is -0.116. The van der Waals surface area contributed by atoms with Gasteiger partial charge in [-0.3, -0.25) is 9.79 Å². The van der Waals surface area contributed by atoms with Crippen molar-refractivity contribution in [1.82, 2.24) is 10.6 Å². The Bertz CT molecular complexity index is 605. The Morgan fingerprint density at radius 3 is 2.68 bits per heavy atom. The number of carbonyl (C=O) groups is 1. The molecule has 0 fully saturated rings. The maximum Gasteiger partial charge on any atom is 0.226 e. The highest BCUT2D eigenvalue weighted by molar-refractivity contribution is 7.99. The van der Waals surface area contributed by atoms with Crippen LogP contribution in [0.25, 0.3) is 0 Å². The van der Waals surface area contributed by atoms with Crippen LogP contribution < -0.4 is 16.0 Å². The van der Waals surface area contributed by atoms with E-state index in [4.69, 9.17) is 11.6 Å². The summed E-state index contributed by atoms with van der Waals surface area (Å²) in [6.45, 7) is 10.2. The summed E-state index contributed by atoms with van der Waals surface area (Å²) in [5, 5.41) is 9.94. The van der Waals surface area contributed by atoms with Gasteiger partial charge in [-0.15, -0.1) is 0 Å². The highest BCUT2D eigenvalue weighted by Crippen LogP contribution is 2.23. The van der Waals surface area contributed by atoms with Crippen LogP contribution in [0, 0.1) is 6.92 Å². The largest absolute Gasteiger partial charge is 0.357 e. The zero-order chi connectivity index (χ0) is 18.9. The fourth-order valence-corrected chi connectivity index (χ4v) is 2.29. The highest BCUT2D eigenvalue weighted by Gasteiger charge is 2.15. The number of amides is 1. The molecular weight excluding hydrogens is 356 g/mol. The number of halogens is 1. The number of hydrogen-bond donors (Lipinski definition) is 3. The van der Waals surface area contributed by atoms with Crippen molar-refractivity contribution in [3.05, 3.63) is 28.8 Å². The smallest absolute Gasteiger partial charge is 0.226 e. The molecule has 1 aromatic carbocycles. The van der Waals surface area contributed by atoms with Crippen molar-refractivity contribution < 1.29 is 4.79 Å². The number of carbonyl (C=O) groups excluding carboxylic acids is 1. The van der Waals surface area contributed by atoms with E-state index in [0.29, 0.717) is 24.5 Å². The van der Waals surface area contributed by atoms with E-state index < -0.39 is 0 Å². The van der Waals surface area contributed by atoms with Gasteiger partial charge in [0, 0.05) is 35.0 Å². The molecule has 0 saturated carbocycles. The Morgan fingerprint density at radius 1 is 1.32 bits per heavy atom. The molecule has 0 saturated heterocycles. The third-order valence-electron chi connectivity index (χ3n) is 3.70. The van der Waals surface area contributed by atoms with Crippen LogP contribution in [0.2, 0.25) is 5.02 Å². The average molecular weight is 385 g/mol. The van der Waals surface area contributed by atoms with Crippen LogP contribution in [0.3, 0.4) is 0 Å². The predicted molar refractivity (Wildman–Crippen MR) is 111 cm³/mol. The summed E-state index contributed by atoms with van der Waals surface area (Å²) < 4.78 is 0.0871. The molecule has 0 aliphatic heterocycles. The van der Waals surface area contributed by atoms with Crippen LogP contribution >= 0.6 is 23.4 Å². The lowest BCUT2D eigenvalue weighted by Crippen LogP contribution is -2.39. The van der Waals surface area contributed by atoms with Gasteiger partial charge in [-0.2, -0.15) is 11.8 Å². The quantitative estimate of drug-likeness (QED) is 0.472. The van der Waals surface area contributed by atoms with Crippen LogP contribution in [0.15, 0.2) is 23.2 Å². The molecule has 3 N–H and O–H groups in total. The van der Waals surface area contributed by atoms with E-state index in [1.54, 1.807) is 11.8 Å². The zero-order valence-corrected chi connectivity index (χ0v) is 17.3. The van der Waals surface area contributed by atoms with E-state index in [-0.39, 0.29) is 10.7 Å². The Kier molecular flexibility index (Phi) is 9.14. The lowest BCUT2D eigenvalue weighted by atomic mass is 10.2. The Hall–Kier alpha value is -1.40. The summed E-state index contributed by atoms with van der Waals surface area (Å²) in [6.07, 6.45) is 2.43. The predicted octanol–water partition coefficient (Wildman–Crippen LogP) is 3.67. The summed E-state index contributed by atoms with van der Waals surface area (Å²) in [5.41, 5.74) is 1.62. The third kappa shape index (κ3) is 8.01. The molecule has 25 heavy (non-hydrogen) atoms. The lowest BCUT2D eigenvalue weighted by Gasteiger charge is -2.20. The van der Waals surface area contributed by atoms with Crippen molar-refractivity contribution in [3.8, 4) is 0 Å². The van der Waals surface area contributed by atoms with Crippen molar-refractivity contribution in [2.75, 3.05) is 31.2 Å². The van der Waals surface area contributed by atoms with Crippen molar-refractivity contribution in [3.63, 3.8) is 0 Å². The number of guanidine groups is 1. The summed E-state index contributed by atoms with van der Waals surface area (Å²) in [6, 6.07) is 5.48. The molecule has 140 valence electrons. The topological polar surface area (TPSA) is 65.5 Å². The zero-order valence-electron chi connectivity index (χ0n) is 15.7. The van der Waals surface area contributed by atoms with Gasteiger partial charge in [-0.1, -0.05) is 17.7 Å². The van der Waals surface area contributed by atoms with E-state index in [9.17, 15) is 4.79 Å². The van der Waals surface area contributed by atoms with Gasteiger partial charge in [0.25, 0.3) is 0 Å². The van der Waals surface area contributed by atoms with Gasteiger partial charge in [0.2, 0.25) is 5.91 Å². The van der Waals surface area contributed by atoms with Crippen LogP contribution in [0.1, 0.15) is 32.8 Å². The molecule has 0 aliphatic carbocycles. The fraction of sp³-hybridized carbons (Fsp3) is 0.556. The second-order valence-electron chi connectivity index (χ2n) is 6.30. The van der Waals surface area contributed by atoms with Crippen molar-refractivity contribution in [2.24, 2.45) is 4.99 Å². The molecule has 1 amide bonds. The number of nitrogens with one attached hydrogen (secondary N) is 3. The van der Waals surface area contributed by atoms with E-state index in [0.717, 1.165) is 23.8 Å². The van der Waals surface area contributed by atoms with Crippen LogP contribution in [0.4, 0.5) is 5.69 Å². The number of benzene rings is 1. The standard InChI is InChI=1S/C18H29ClN4OS/c1-6-20-17(22-12-18(3,4)25-5)21-11-10-16(24)23-15-9-7-8-14(19)13(15)2/h7-9H,6,10-12H2,1-5H3,(H,23,24)(H2,20,21,22). The molecule has 0 unspecified atom stereocenters. The molecular formula is C18H29ClN4OS. The van der Waals surface area contributed by atoms with Gasteiger partial charge in [0.15, 0.2) is 5.96 Å². The SMILES string of the molecule is CCNC(=NCC(C)(C)SC)NCCC(=O)Nc1cccc(Cl)c1C. The van der Waals surface area contributed by atoms with Crippen LogP contribution in [-0.2, 0) is 4.79 Å². The molecule has 0 bridgehead atoms. The van der Waals surface area contributed by atoms with E-state index in [1.165, 1.54) is 0 Å². The first-order valence-electron chi connectivity index (χ1n) is 8.41. The first-order valence-corrected chi connectivity index (χ1v) is 10.0. The molecule has 7 heteroatoms. The molecule has 5 nitrogen and oxygen atoms in total. The van der Waals surface area contributed by atoms with Crippen molar-refractivity contribution in [2.45, 2.75) is 38.9 Å². The molecule has 0 spiro atoms. The fourth-order valence-electron chi connectivity index (χ4n) is 1.93. The minimum atomic E-state index is -0.0573. The minimum absolute atomic E-state index is 0.0573. The van der Waals surface area contributed by atoms with Gasteiger partial charge < -0.3 is 16.0 Å². The minimum Gasteiger partial charge on any atom is -0.357 e. The molecule has 0 heterocycles. The Balaban J connectivity index is 2.51. The maximum absolute atomic E-state index is 12.1. The monoisotopic (exact) mass is 384 g/mol. The van der Waals surface area contributed by atoms with E-state index in [1.807, 2.05) is 32.0 Å². The summed E-state index contributed by atoms with van der Waals surface area (Å²) in [5.74, 6) is 0.675. The highest BCUT2D eigenvalue weighted by atomic mass is 35.5. The number of rotatable bonds is 8. The molecule has 0 aliphatic rings. The van der Waals surface area contributed by atoms with Gasteiger partial charge in [-0.25, -0.2) is 0 Å². The van der Waals surface area contributed by atoms with Crippen LogP contribution in [0.5, 0.6) is 0 Å². The first kappa shape index (κ1) is 21.6. The molecule has 1 aromatic rings. The van der Waals surface area contributed by atoms with Gasteiger partial charge in [0.1, 0.15) is 0 Å². The van der Waals surface area contributed by atoms with Crippen LogP contribution in [-0.4, -0.2) is 42.5 Å². The number of anilines is 1. The van der Waals surface area contributed by atoms with Gasteiger partial charge >= 0.3 is 0 Å². The summed E-state index contributed by atoms with van der Waals surface area (Å²) in [4.78, 5) is 16.7. The average Bonchev–Trinajstić information content (AvgIpc) is 2.57. The summed E-state index contributed by atoms with van der Waals surface area (Å²) in [7, 11) is 0. The van der Waals surface area contributed by atoms with E-state index in [2.05, 4.69) is 41.0 Å². The Labute approximate surface area is 160 Å². The number of aliphatic imine (C=N–C) groups is 1. The number of hydrogen-bond acceptors (Lipinski definition) is 3. The number of nitrogens with zero attached hydrogens (tertiary/aromatic N) is 1. The molecule has 0 radical (unpaired) electrons. The number of thioether (sulfide) groups is 1.